The molecule has 0 aromatic carbocycles. The molecule has 0 aliphatic carbocycles. The van der Waals surface area contributed by atoms with E-state index in [1.807, 2.05) is 4.72 Å². The molecule has 0 radical (unpaired) electrons. The first-order chi connectivity index (χ1) is 13.2. The van der Waals surface area contributed by atoms with Crippen LogP contribution in [0, 0.1) is 18.7 Å². The summed E-state index contributed by atoms with van der Waals surface area (Å²) in [6.45, 7) is 1.95. The van der Waals surface area contributed by atoms with Gasteiger partial charge in [0, 0.05) is 24.7 Å². The lowest BCUT2D eigenvalue weighted by atomic mass is 10.2. The summed E-state index contributed by atoms with van der Waals surface area (Å²) in [4.78, 5) is 19.3. The Morgan fingerprint density at radius 1 is 1.36 bits per heavy atom. The third kappa shape index (κ3) is 4.11. The molecule has 1 amide bonds. The highest BCUT2D eigenvalue weighted by Crippen LogP contribution is 2.25. The number of rotatable bonds is 5. The number of sulfonamides is 1. The zero-order chi connectivity index (χ0) is 20.5. The van der Waals surface area contributed by atoms with E-state index in [1.54, 1.807) is 0 Å². The van der Waals surface area contributed by atoms with Crippen molar-refractivity contribution in [3.8, 4) is 0 Å². The van der Waals surface area contributed by atoms with Crippen LogP contribution in [-0.2, 0) is 10.0 Å². The largest absolute Gasteiger partial charge is 0.465 e. The Bertz CT molecular complexity index is 1020. The van der Waals surface area contributed by atoms with Crippen LogP contribution in [0.4, 0.5) is 25.1 Å². The molecule has 1 aliphatic rings. The summed E-state index contributed by atoms with van der Waals surface area (Å²) in [6, 6.07) is 3.27. The van der Waals surface area contributed by atoms with Crippen LogP contribution in [0.3, 0.4) is 0 Å². The van der Waals surface area contributed by atoms with Crippen molar-refractivity contribution in [1.82, 2.24) is 14.9 Å². The Labute approximate surface area is 159 Å². The molecular weight excluding hydrogens is 396 g/mol. The lowest BCUT2D eigenvalue weighted by Gasteiger charge is -2.17. The number of pyridine rings is 2. The van der Waals surface area contributed by atoms with Crippen LogP contribution in [0.25, 0.3) is 0 Å². The van der Waals surface area contributed by atoms with Gasteiger partial charge in [-0.15, -0.1) is 0 Å². The number of nitrogens with one attached hydrogen (secondary N) is 2. The van der Waals surface area contributed by atoms with E-state index < -0.39 is 32.9 Å². The maximum atomic E-state index is 14.7. The van der Waals surface area contributed by atoms with Gasteiger partial charge in [0.2, 0.25) is 11.0 Å². The Balaban J connectivity index is 1.80. The molecule has 28 heavy (non-hydrogen) atoms. The van der Waals surface area contributed by atoms with Crippen molar-refractivity contribution in [3.63, 3.8) is 0 Å². The molecule has 0 bridgehead atoms. The number of carboxylic acid groups (broad SMARTS) is 1. The summed E-state index contributed by atoms with van der Waals surface area (Å²) in [5, 5.41) is 11.1. The molecule has 3 N–H and O–H groups in total. The molecule has 9 nitrogen and oxygen atoms in total. The minimum atomic E-state index is -4.43. The third-order valence-electron chi connectivity index (χ3n) is 4.26. The second-order valence-electron chi connectivity index (χ2n) is 6.23. The average Bonchev–Trinajstić information content (AvgIpc) is 3.07. The van der Waals surface area contributed by atoms with Crippen LogP contribution >= 0.6 is 0 Å². The molecule has 1 unspecified atom stereocenters. The molecule has 2 aromatic rings. The molecule has 1 atom stereocenters. The second-order valence-corrected chi connectivity index (χ2v) is 7.82. The van der Waals surface area contributed by atoms with Gasteiger partial charge in [0.1, 0.15) is 5.82 Å². The average molecular weight is 413 g/mol. The minimum absolute atomic E-state index is 0.0105. The number of likely N-dealkylation sites (tertiary alicyclic amines) is 1. The summed E-state index contributed by atoms with van der Waals surface area (Å²) in [5.74, 6) is -2.26. The third-order valence-corrected chi connectivity index (χ3v) is 5.53. The van der Waals surface area contributed by atoms with E-state index in [0.717, 1.165) is 12.3 Å². The van der Waals surface area contributed by atoms with Gasteiger partial charge in [0.25, 0.3) is 10.0 Å². The fourth-order valence-electron chi connectivity index (χ4n) is 2.81. The number of halogens is 2. The van der Waals surface area contributed by atoms with E-state index in [-0.39, 0.29) is 29.7 Å². The number of hydrogen-bond acceptors (Lipinski definition) is 6. The highest BCUT2D eigenvalue weighted by atomic mass is 32.2. The van der Waals surface area contributed by atoms with Crippen LogP contribution in [0.5, 0.6) is 0 Å². The Kier molecular flexibility index (Phi) is 5.31. The van der Waals surface area contributed by atoms with Gasteiger partial charge in [0.15, 0.2) is 5.82 Å². The fraction of sp³-hybridized carbons (Fsp3) is 0.312. The number of nitrogens with zero attached hydrogens (tertiary/aromatic N) is 3. The Morgan fingerprint density at radius 2 is 2.11 bits per heavy atom. The number of amides is 1. The van der Waals surface area contributed by atoms with Gasteiger partial charge in [-0.2, -0.15) is 12.8 Å². The van der Waals surface area contributed by atoms with E-state index >= 15 is 0 Å². The van der Waals surface area contributed by atoms with E-state index in [1.165, 1.54) is 24.0 Å². The number of hydrogen-bond donors (Lipinski definition) is 3. The van der Waals surface area contributed by atoms with Crippen molar-refractivity contribution in [3.05, 3.63) is 41.7 Å². The standard InChI is InChI=1S/C16H17F2N5O4S/c1-9-11(20-10-5-6-23(8-10)16(24)25)7-19-15(14(9)18)28(26,27)22-13-4-2-3-12(17)21-13/h2-4,7,10,20H,5-6,8H2,1H3,(H,21,22)(H,24,25). The molecule has 3 heterocycles. The minimum Gasteiger partial charge on any atom is -0.465 e. The summed E-state index contributed by atoms with van der Waals surface area (Å²) in [5.41, 5.74) is 0.272. The summed E-state index contributed by atoms with van der Waals surface area (Å²) in [7, 11) is -4.43. The predicted octanol–water partition coefficient (Wildman–Crippen LogP) is 2.03. The normalized spacial score (nSPS) is 16.8. The quantitative estimate of drug-likeness (QED) is 0.641. The maximum Gasteiger partial charge on any atom is 0.407 e. The molecule has 150 valence electrons. The zero-order valence-electron chi connectivity index (χ0n) is 14.7. The van der Waals surface area contributed by atoms with E-state index in [2.05, 4.69) is 15.3 Å². The predicted molar refractivity (Wildman–Crippen MR) is 95.6 cm³/mol. The SMILES string of the molecule is Cc1c(NC2CCN(C(=O)O)C2)cnc(S(=O)(=O)Nc2cccc(F)n2)c1F. The van der Waals surface area contributed by atoms with Crippen LogP contribution in [0.15, 0.2) is 29.4 Å². The smallest absolute Gasteiger partial charge is 0.407 e. The monoisotopic (exact) mass is 413 g/mol. The summed E-state index contributed by atoms with van der Waals surface area (Å²) < 4.78 is 54.6. The number of carbonyl (C=O) groups is 1. The Morgan fingerprint density at radius 3 is 2.75 bits per heavy atom. The highest BCUT2D eigenvalue weighted by molar-refractivity contribution is 7.92. The van der Waals surface area contributed by atoms with Gasteiger partial charge in [-0.05, 0) is 25.5 Å². The van der Waals surface area contributed by atoms with Crippen molar-refractivity contribution >= 4 is 27.6 Å². The van der Waals surface area contributed by atoms with E-state index in [0.29, 0.717) is 13.0 Å². The molecule has 0 spiro atoms. The first-order valence-electron chi connectivity index (χ1n) is 8.22. The first-order valence-corrected chi connectivity index (χ1v) is 9.70. The molecule has 1 fully saturated rings. The van der Waals surface area contributed by atoms with Crippen LogP contribution in [-0.4, -0.2) is 53.6 Å². The van der Waals surface area contributed by atoms with Crippen molar-refractivity contribution in [2.45, 2.75) is 24.4 Å². The highest BCUT2D eigenvalue weighted by Gasteiger charge is 2.28. The molecule has 3 rings (SSSR count). The fourth-order valence-corrected chi connectivity index (χ4v) is 3.88. The van der Waals surface area contributed by atoms with Crippen molar-refractivity contribution in [2.75, 3.05) is 23.1 Å². The van der Waals surface area contributed by atoms with Gasteiger partial charge in [0.05, 0.1) is 11.9 Å². The first kappa shape index (κ1) is 19.7. The molecule has 1 aliphatic heterocycles. The van der Waals surface area contributed by atoms with Crippen molar-refractivity contribution < 1.29 is 27.1 Å². The van der Waals surface area contributed by atoms with Crippen LogP contribution < -0.4 is 10.0 Å². The summed E-state index contributed by atoms with van der Waals surface area (Å²) in [6.07, 6.45) is 0.652. The lowest BCUT2D eigenvalue weighted by Crippen LogP contribution is -2.30. The van der Waals surface area contributed by atoms with Gasteiger partial charge in [-0.3, -0.25) is 4.72 Å². The van der Waals surface area contributed by atoms with Gasteiger partial charge in [-0.1, -0.05) is 6.07 Å². The molecule has 12 heteroatoms. The lowest BCUT2D eigenvalue weighted by molar-refractivity contribution is 0.155. The van der Waals surface area contributed by atoms with Crippen LogP contribution in [0.1, 0.15) is 12.0 Å². The van der Waals surface area contributed by atoms with E-state index in [4.69, 9.17) is 5.11 Å². The molecule has 0 saturated carbocycles. The number of anilines is 2. The van der Waals surface area contributed by atoms with Crippen molar-refractivity contribution in [1.29, 1.82) is 0 Å². The molecular formula is C16H17F2N5O4S. The molecule has 1 saturated heterocycles. The second kappa shape index (κ2) is 7.54. The Hall–Kier alpha value is -3.02. The van der Waals surface area contributed by atoms with E-state index in [9.17, 15) is 22.0 Å². The van der Waals surface area contributed by atoms with Crippen LogP contribution in [0.2, 0.25) is 0 Å². The number of aromatic nitrogens is 2. The van der Waals surface area contributed by atoms with Gasteiger partial charge >= 0.3 is 6.09 Å². The molecule has 2 aromatic heterocycles. The summed E-state index contributed by atoms with van der Waals surface area (Å²) >= 11 is 0. The van der Waals surface area contributed by atoms with Gasteiger partial charge < -0.3 is 15.3 Å². The maximum absolute atomic E-state index is 14.7. The topological polar surface area (TPSA) is 125 Å². The van der Waals surface area contributed by atoms with Gasteiger partial charge in [-0.25, -0.2) is 19.2 Å². The zero-order valence-corrected chi connectivity index (χ0v) is 15.5. The van der Waals surface area contributed by atoms with Crippen molar-refractivity contribution in [2.24, 2.45) is 0 Å².